The lowest BCUT2D eigenvalue weighted by molar-refractivity contribution is 0.837. The van der Waals surface area contributed by atoms with Crippen LogP contribution in [0.5, 0.6) is 0 Å². The first-order chi connectivity index (χ1) is 14.8. The summed E-state index contributed by atoms with van der Waals surface area (Å²) < 4.78 is 2.15. The number of para-hydroxylation sites is 2. The smallest absolute Gasteiger partial charge is 0.210 e. The van der Waals surface area contributed by atoms with E-state index in [0.29, 0.717) is 11.7 Å². The summed E-state index contributed by atoms with van der Waals surface area (Å²) in [7, 11) is 0. The third kappa shape index (κ3) is 3.63. The predicted octanol–water partition coefficient (Wildman–Crippen LogP) is 6.05. The van der Waals surface area contributed by atoms with Gasteiger partial charge >= 0.3 is 0 Å². The molecule has 5 aromatic rings. The Morgan fingerprint density at radius 1 is 0.767 bits per heavy atom. The molecule has 0 radical (unpaired) electrons. The van der Waals surface area contributed by atoms with Crippen LogP contribution in [0.25, 0.3) is 21.8 Å². The van der Waals surface area contributed by atoms with Crippen LogP contribution >= 0.6 is 12.2 Å². The molecule has 2 N–H and O–H groups in total. The van der Waals surface area contributed by atoms with Gasteiger partial charge in [0.25, 0.3) is 0 Å². The molecular weight excluding hydrogens is 388 g/mol. The summed E-state index contributed by atoms with van der Waals surface area (Å²) >= 11 is 5.63. The number of anilines is 2. The molecule has 0 aliphatic carbocycles. The Hall–Kier alpha value is -3.70. The van der Waals surface area contributed by atoms with Crippen LogP contribution in [0, 0.1) is 0 Å². The molecule has 1 heterocycles. The van der Waals surface area contributed by atoms with E-state index in [1.807, 2.05) is 60.7 Å². The van der Waals surface area contributed by atoms with Crippen LogP contribution in [0.2, 0.25) is 0 Å². The third-order valence-corrected chi connectivity index (χ3v) is 5.31. The van der Waals surface area contributed by atoms with Gasteiger partial charge in [-0.15, -0.1) is 0 Å². The molecule has 30 heavy (non-hydrogen) atoms. The van der Waals surface area contributed by atoms with E-state index in [-0.39, 0.29) is 0 Å². The van der Waals surface area contributed by atoms with Gasteiger partial charge < -0.3 is 15.2 Å². The Balaban J connectivity index is 1.46. The van der Waals surface area contributed by atoms with Crippen LogP contribution < -0.4 is 10.6 Å². The number of hydrogen-bond acceptors (Lipinski definition) is 2. The second-order valence-corrected chi connectivity index (χ2v) is 7.51. The monoisotopic (exact) mass is 408 g/mol. The van der Waals surface area contributed by atoms with Crippen molar-refractivity contribution in [2.75, 3.05) is 10.6 Å². The molecule has 0 saturated heterocycles. The summed E-state index contributed by atoms with van der Waals surface area (Å²) in [6.45, 7) is 0.709. The van der Waals surface area contributed by atoms with Crippen LogP contribution in [0.3, 0.4) is 0 Å². The van der Waals surface area contributed by atoms with Crippen molar-refractivity contribution < 1.29 is 0 Å². The van der Waals surface area contributed by atoms with Crippen molar-refractivity contribution in [2.45, 2.75) is 6.54 Å². The van der Waals surface area contributed by atoms with Gasteiger partial charge in [0.2, 0.25) is 5.95 Å². The zero-order chi connectivity index (χ0) is 20.3. The fourth-order valence-electron chi connectivity index (χ4n) is 3.69. The van der Waals surface area contributed by atoms with Crippen molar-refractivity contribution in [3.05, 3.63) is 103 Å². The highest BCUT2D eigenvalue weighted by Crippen LogP contribution is 2.24. The molecule has 0 aliphatic heterocycles. The largest absolute Gasteiger partial charge is 0.332 e. The van der Waals surface area contributed by atoms with Crippen LogP contribution in [-0.2, 0) is 6.54 Å². The Morgan fingerprint density at radius 2 is 1.50 bits per heavy atom. The van der Waals surface area contributed by atoms with Crippen molar-refractivity contribution in [2.24, 2.45) is 0 Å². The number of imidazole rings is 1. The number of fused-ring (bicyclic) bond motifs is 2. The number of nitrogens with one attached hydrogen (secondary N) is 2. The fourth-order valence-corrected chi connectivity index (χ4v) is 3.89. The molecule has 0 atom stereocenters. The highest BCUT2D eigenvalue weighted by Gasteiger charge is 2.13. The molecule has 5 heteroatoms. The second kappa shape index (κ2) is 7.97. The minimum absolute atomic E-state index is 0.510. The molecule has 1 aromatic heterocycles. The molecular formula is C25H20N4S. The highest BCUT2D eigenvalue weighted by molar-refractivity contribution is 7.80. The topological polar surface area (TPSA) is 41.9 Å². The lowest BCUT2D eigenvalue weighted by atomic mass is 10.1. The first-order valence-electron chi connectivity index (χ1n) is 9.83. The highest BCUT2D eigenvalue weighted by atomic mass is 32.1. The molecule has 0 saturated carbocycles. The summed E-state index contributed by atoms with van der Waals surface area (Å²) in [4.78, 5) is 4.78. The first kappa shape index (κ1) is 18.3. The standard InChI is InChI=1S/C25H20N4S/c30-25(27-21-15-8-12-19-11-4-5-13-20(19)21)28-24-26-22-14-6-7-16-23(22)29(24)17-18-9-2-1-3-10-18/h1-16H,17H2,(H2,26,27,28,30). The van der Waals surface area contributed by atoms with E-state index in [4.69, 9.17) is 17.2 Å². The summed E-state index contributed by atoms with van der Waals surface area (Å²) in [5.74, 6) is 0.720. The molecule has 4 nitrogen and oxygen atoms in total. The van der Waals surface area contributed by atoms with E-state index in [1.54, 1.807) is 0 Å². The third-order valence-electron chi connectivity index (χ3n) is 5.10. The summed E-state index contributed by atoms with van der Waals surface area (Å²) in [6, 6.07) is 32.9. The zero-order valence-corrected chi connectivity index (χ0v) is 17.1. The number of aromatic nitrogens is 2. The maximum Gasteiger partial charge on any atom is 0.210 e. The molecule has 0 amide bonds. The predicted molar refractivity (Wildman–Crippen MR) is 129 cm³/mol. The minimum atomic E-state index is 0.510. The zero-order valence-electron chi connectivity index (χ0n) is 16.2. The Labute approximate surface area is 180 Å². The molecule has 0 spiro atoms. The van der Waals surface area contributed by atoms with Crippen molar-refractivity contribution in [1.82, 2.24) is 9.55 Å². The lowest BCUT2D eigenvalue weighted by Crippen LogP contribution is -2.22. The molecule has 0 bridgehead atoms. The average molecular weight is 409 g/mol. The minimum Gasteiger partial charge on any atom is -0.332 e. The van der Waals surface area contributed by atoms with Crippen molar-refractivity contribution >= 4 is 50.8 Å². The van der Waals surface area contributed by atoms with Crippen LogP contribution in [-0.4, -0.2) is 14.7 Å². The van der Waals surface area contributed by atoms with Gasteiger partial charge in [-0.25, -0.2) is 4.98 Å². The number of hydrogen-bond donors (Lipinski definition) is 2. The van der Waals surface area contributed by atoms with Crippen LogP contribution in [0.15, 0.2) is 97.1 Å². The maximum absolute atomic E-state index is 5.63. The molecule has 0 unspecified atom stereocenters. The number of thiocarbonyl (C=S) groups is 1. The molecule has 146 valence electrons. The fraction of sp³-hybridized carbons (Fsp3) is 0.0400. The van der Waals surface area contributed by atoms with Gasteiger partial charge in [0.15, 0.2) is 5.11 Å². The van der Waals surface area contributed by atoms with Gasteiger partial charge in [-0.2, -0.15) is 0 Å². The summed E-state index contributed by atoms with van der Waals surface area (Å²) in [6.07, 6.45) is 0. The van der Waals surface area contributed by atoms with Gasteiger partial charge in [0.1, 0.15) is 0 Å². The van der Waals surface area contributed by atoms with Crippen molar-refractivity contribution in [1.29, 1.82) is 0 Å². The summed E-state index contributed by atoms with van der Waals surface area (Å²) in [5, 5.41) is 9.45. The van der Waals surface area contributed by atoms with E-state index in [2.05, 4.69) is 51.6 Å². The van der Waals surface area contributed by atoms with E-state index >= 15 is 0 Å². The Kier molecular flexibility index (Phi) is 4.87. The van der Waals surface area contributed by atoms with Gasteiger partial charge in [0.05, 0.1) is 17.6 Å². The van der Waals surface area contributed by atoms with E-state index in [9.17, 15) is 0 Å². The van der Waals surface area contributed by atoms with E-state index in [1.165, 1.54) is 10.9 Å². The first-order valence-corrected chi connectivity index (χ1v) is 10.2. The molecule has 4 aromatic carbocycles. The number of rotatable bonds is 4. The average Bonchev–Trinajstić information content (AvgIpc) is 3.11. The van der Waals surface area contributed by atoms with Crippen LogP contribution in [0.1, 0.15) is 5.56 Å². The number of benzene rings is 4. The van der Waals surface area contributed by atoms with Gasteiger partial charge in [0, 0.05) is 11.1 Å². The molecule has 0 fully saturated rings. The summed E-state index contributed by atoms with van der Waals surface area (Å²) in [5.41, 5.74) is 4.17. The van der Waals surface area contributed by atoms with E-state index in [0.717, 1.165) is 28.1 Å². The second-order valence-electron chi connectivity index (χ2n) is 7.10. The van der Waals surface area contributed by atoms with E-state index < -0.39 is 0 Å². The molecule has 0 aliphatic rings. The lowest BCUT2D eigenvalue weighted by Gasteiger charge is -2.14. The van der Waals surface area contributed by atoms with Gasteiger partial charge in [-0.1, -0.05) is 78.9 Å². The van der Waals surface area contributed by atoms with Crippen LogP contribution in [0.4, 0.5) is 11.6 Å². The normalized spacial score (nSPS) is 10.9. The van der Waals surface area contributed by atoms with Crippen molar-refractivity contribution in [3.63, 3.8) is 0 Å². The van der Waals surface area contributed by atoms with Gasteiger partial charge in [-0.05, 0) is 41.4 Å². The SMILES string of the molecule is S=C(Nc1cccc2ccccc12)Nc1nc2ccccc2n1Cc1ccccc1. The molecule has 5 rings (SSSR count). The van der Waals surface area contributed by atoms with Crippen molar-refractivity contribution in [3.8, 4) is 0 Å². The number of nitrogens with zero attached hydrogens (tertiary/aromatic N) is 2. The maximum atomic E-state index is 5.63. The Morgan fingerprint density at radius 3 is 2.40 bits per heavy atom. The quantitative estimate of drug-likeness (QED) is 0.355. The van der Waals surface area contributed by atoms with Gasteiger partial charge in [-0.3, -0.25) is 0 Å². The Bertz CT molecular complexity index is 1340.